The second kappa shape index (κ2) is 3.96. The number of hydrogen-bond donors (Lipinski definition) is 2. The summed E-state index contributed by atoms with van der Waals surface area (Å²) in [6.07, 6.45) is 6.32. The number of aryl methyl sites for hydroxylation is 1. The van der Waals surface area contributed by atoms with E-state index < -0.39 is 0 Å². The topological polar surface area (TPSA) is 76.4 Å². The Hall–Kier alpha value is -1.46. The van der Waals surface area contributed by atoms with Crippen molar-refractivity contribution in [2.45, 2.75) is 19.4 Å². The average Bonchev–Trinajstić information content (AvgIpc) is 2.69. The van der Waals surface area contributed by atoms with Crippen LogP contribution >= 0.6 is 0 Å². The molecule has 0 saturated carbocycles. The fourth-order valence-corrected chi connectivity index (χ4v) is 1.42. The Labute approximate surface area is 87.6 Å². The first-order valence-electron chi connectivity index (χ1n) is 4.94. The van der Waals surface area contributed by atoms with Gasteiger partial charge in [0.2, 0.25) is 5.78 Å². The SMILES string of the molecule is CCc1cn2cc(C(N)CO)cnc2n1. The molecule has 0 aliphatic carbocycles. The summed E-state index contributed by atoms with van der Waals surface area (Å²) in [5.74, 6) is 0.667. The number of aliphatic hydroxyl groups is 1. The zero-order valence-corrected chi connectivity index (χ0v) is 8.59. The highest BCUT2D eigenvalue weighted by molar-refractivity contribution is 5.32. The minimum absolute atomic E-state index is 0.0808. The fraction of sp³-hybridized carbons (Fsp3) is 0.400. The Bertz CT molecular complexity index is 465. The lowest BCUT2D eigenvalue weighted by molar-refractivity contribution is 0.267. The molecule has 80 valence electrons. The molecule has 0 bridgehead atoms. The van der Waals surface area contributed by atoms with Crippen molar-refractivity contribution in [2.24, 2.45) is 5.73 Å². The van der Waals surface area contributed by atoms with Gasteiger partial charge in [0.1, 0.15) is 0 Å². The van der Waals surface area contributed by atoms with E-state index in [1.54, 1.807) is 6.20 Å². The van der Waals surface area contributed by atoms with Gasteiger partial charge in [0.25, 0.3) is 0 Å². The third-order valence-electron chi connectivity index (χ3n) is 2.37. The van der Waals surface area contributed by atoms with Gasteiger partial charge < -0.3 is 10.8 Å². The predicted molar refractivity (Wildman–Crippen MR) is 56.4 cm³/mol. The number of aromatic nitrogens is 3. The van der Waals surface area contributed by atoms with Crippen molar-refractivity contribution in [1.82, 2.24) is 14.4 Å². The van der Waals surface area contributed by atoms with Crippen LogP contribution in [0, 0.1) is 0 Å². The van der Waals surface area contributed by atoms with Crippen LogP contribution in [0.15, 0.2) is 18.6 Å². The van der Waals surface area contributed by atoms with Gasteiger partial charge in [-0.1, -0.05) is 6.92 Å². The van der Waals surface area contributed by atoms with Gasteiger partial charge in [-0.05, 0) is 6.42 Å². The molecule has 0 radical (unpaired) electrons. The number of nitrogens with two attached hydrogens (primary N) is 1. The van der Waals surface area contributed by atoms with Crippen LogP contribution in [0.3, 0.4) is 0 Å². The lowest BCUT2D eigenvalue weighted by atomic mass is 10.2. The van der Waals surface area contributed by atoms with Crippen molar-refractivity contribution >= 4 is 5.78 Å². The van der Waals surface area contributed by atoms with Crippen molar-refractivity contribution in [2.75, 3.05) is 6.61 Å². The molecule has 0 amide bonds. The van der Waals surface area contributed by atoms with Crippen molar-refractivity contribution < 1.29 is 5.11 Å². The molecule has 2 aromatic heterocycles. The highest BCUT2D eigenvalue weighted by Gasteiger charge is 2.07. The molecule has 15 heavy (non-hydrogen) atoms. The molecule has 0 aliphatic rings. The van der Waals surface area contributed by atoms with E-state index in [0.717, 1.165) is 17.7 Å². The highest BCUT2D eigenvalue weighted by Crippen LogP contribution is 2.10. The van der Waals surface area contributed by atoms with Gasteiger partial charge >= 0.3 is 0 Å². The Morgan fingerprint density at radius 2 is 2.33 bits per heavy atom. The van der Waals surface area contributed by atoms with E-state index in [9.17, 15) is 0 Å². The van der Waals surface area contributed by atoms with Crippen molar-refractivity contribution in [3.8, 4) is 0 Å². The van der Waals surface area contributed by atoms with Gasteiger partial charge in [-0.3, -0.25) is 4.40 Å². The van der Waals surface area contributed by atoms with Crippen molar-refractivity contribution in [3.05, 3.63) is 29.8 Å². The molecule has 0 saturated heterocycles. The molecule has 3 N–H and O–H groups in total. The summed E-state index contributed by atoms with van der Waals surface area (Å²) in [6.45, 7) is 1.96. The average molecular weight is 206 g/mol. The molecule has 2 aromatic rings. The highest BCUT2D eigenvalue weighted by atomic mass is 16.3. The lowest BCUT2D eigenvalue weighted by Crippen LogP contribution is -2.15. The monoisotopic (exact) mass is 206 g/mol. The number of hydrogen-bond acceptors (Lipinski definition) is 4. The van der Waals surface area contributed by atoms with Gasteiger partial charge in [0, 0.05) is 24.2 Å². The molecular weight excluding hydrogens is 192 g/mol. The maximum absolute atomic E-state index is 8.93. The molecule has 2 rings (SSSR count). The summed E-state index contributed by atoms with van der Waals surface area (Å²) in [4.78, 5) is 8.49. The number of rotatable bonds is 3. The minimum Gasteiger partial charge on any atom is -0.394 e. The maximum Gasteiger partial charge on any atom is 0.233 e. The molecule has 1 unspecified atom stereocenters. The van der Waals surface area contributed by atoms with Crippen LogP contribution in [0.4, 0.5) is 0 Å². The van der Waals surface area contributed by atoms with E-state index in [1.165, 1.54) is 0 Å². The van der Waals surface area contributed by atoms with Gasteiger partial charge in [0.15, 0.2) is 0 Å². The van der Waals surface area contributed by atoms with Gasteiger partial charge in [0.05, 0.1) is 18.3 Å². The third-order valence-corrected chi connectivity index (χ3v) is 2.37. The number of imidazole rings is 1. The predicted octanol–water partition coefficient (Wildman–Crippen LogP) is 0.284. The number of nitrogens with zero attached hydrogens (tertiary/aromatic N) is 3. The molecule has 0 fully saturated rings. The van der Waals surface area contributed by atoms with Crippen LogP contribution in [-0.4, -0.2) is 26.1 Å². The van der Waals surface area contributed by atoms with Gasteiger partial charge in [-0.2, -0.15) is 0 Å². The first-order valence-corrected chi connectivity index (χ1v) is 4.94. The van der Waals surface area contributed by atoms with E-state index in [1.807, 2.05) is 23.7 Å². The number of fused-ring (bicyclic) bond motifs is 1. The molecule has 5 heteroatoms. The van der Waals surface area contributed by atoms with Crippen molar-refractivity contribution in [3.63, 3.8) is 0 Å². The molecule has 2 heterocycles. The Morgan fingerprint density at radius 3 is 3.00 bits per heavy atom. The molecule has 0 spiro atoms. The van der Waals surface area contributed by atoms with Crippen LogP contribution in [0.5, 0.6) is 0 Å². The second-order valence-corrected chi connectivity index (χ2v) is 3.47. The summed E-state index contributed by atoms with van der Waals surface area (Å²) in [6, 6.07) is -0.380. The zero-order chi connectivity index (χ0) is 10.8. The fourth-order valence-electron chi connectivity index (χ4n) is 1.42. The van der Waals surface area contributed by atoms with Crippen molar-refractivity contribution in [1.29, 1.82) is 0 Å². The van der Waals surface area contributed by atoms with Crippen LogP contribution in [-0.2, 0) is 6.42 Å². The van der Waals surface area contributed by atoms with Gasteiger partial charge in [-0.25, -0.2) is 9.97 Å². The molecule has 0 aromatic carbocycles. The molecule has 0 aliphatic heterocycles. The van der Waals surface area contributed by atoms with Crippen LogP contribution < -0.4 is 5.73 Å². The first-order chi connectivity index (χ1) is 7.24. The van der Waals surface area contributed by atoms with E-state index in [2.05, 4.69) is 9.97 Å². The Kier molecular flexibility index (Phi) is 2.66. The smallest absolute Gasteiger partial charge is 0.233 e. The lowest BCUT2D eigenvalue weighted by Gasteiger charge is -2.07. The van der Waals surface area contributed by atoms with E-state index in [-0.39, 0.29) is 12.6 Å². The summed E-state index contributed by atoms with van der Waals surface area (Å²) in [5.41, 5.74) is 7.51. The molecule has 5 nitrogen and oxygen atoms in total. The Morgan fingerprint density at radius 1 is 1.53 bits per heavy atom. The quantitative estimate of drug-likeness (QED) is 0.756. The third kappa shape index (κ3) is 1.84. The van der Waals surface area contributed by atoms with Crippen LogP contribution in [0.2, 0.25) is 0 Å². The molecular formula is C10H14N4O. The Balaban J connectivity index is 2.45. The minimum atomic E-state index is -0.380. The summed E-state index contributed by atoms with van der Waals surface area (Å²) in [7, 11) is 0. The normalized spacial score (nSPS) is 13.3. The first kappa shape index (κ1) is 10.1. The van der Waals surface area contributed by atoms with E-state index >= 15 is 0 Å². The summed E-state index contributed by atoms with van der Waals surface area (Å²) < 4.78 is 1.84. The van der Waals surface area contributed by atoms with Crippen LogP contribution in [0.25, 0.3) is 5.78 Å². The van der Waals surface area contributed by atoms with E-state index in [4.69, 9.17) is 10.8 Å². The number of aliphatic hydroxyl groups excluding tert-OH is 1. The summed E-state index contributed by atoms with van der Waals surface area (Å²) in [5, 5.41) is 8.93. The van der Waals surface area contributed by atoms with Gasteiger partial charge in [-0.15, -0.1) is 0 Å². The standard InChI is InChI=1S/C10H14N4O/c1-2-8-5-14-4-7(9(11)6-15)3-12-10(14)13-8/h3-5,9,15H,2,6,11H2,1H3. The largest absolute Gasteiger partial charge is 0.394 e. The van der Waals surface area contributed by atoms with E-state index in [0.29, 0.717) is 5.78 Å². The maximum atomic E-state index is 8.93. The summed E-state index contributed by atoms with van der Waals surface area (Å²) >= 11 is 0. The zero-order valence-electron chi connectivity index (χ0n) is 8.59. The van der Waals surface area contributed by atoms with Crippen LogP contribution in [0.1, 0.15) is 24.2 Å². The second-order valence-electron chi connectivity index (χ2n) is 3.47. The molecule has 1 atom stereocenters.